The number of nitro groups is 1. The van der Waals surface area contributed by atoms with Gasteiger partial charge in [0.2, 0.25) is 5.91 Å². The van der Waals surface area contributed by atoms with Gasteiger partial charge in [0.05, 0.1) is 24.1 Å². The first-order chi connectivity index (χ1) is 15.9. The summed E-state index contributed by atoms with van der Waals surface area (Å²) >= 11 is 0. The van der Waals surface area contributed by atoms with Crippen LogP contribution in [-0.2, 0) is 4.79 Å². The highest BCUT2D eigenvalue weighted by Crippen LogP contribution is 2.31. The molecule has 1 aliphatic heterocycles. The second kappa shape index (κ2) is 11.3. The lowest BCUT2D eigenvalue weighted by molar-refractivity contribution is -0.384. The molecule has 1 heterocycles. The van der Waals surface area contributed by atoms with Crippen molar-refractivity contribution in [2.45, 2.75) is 13.3 Å². The predicted molar refractivity (Wildman–Crippen MR) is 122 cm³/mol. The molecule has 3 rings (SSSR count). The zero-order valence-electron chi connectivity index (χ0n) is 18.8. The van der Waals surface area contributed by atoms with Crippen molar-refractivity contribution in [3.8, 4) is 17.2 Å². The van der Waals surface area contributed by atoms with Crippen molar-refractivity contribution in [2.24, 2.45) is 0 Å². The zero-order valence-corrected chi connectivity index (χ0v) is 18.8. The van der Waals surface area contributed by atoms with E-state index in [-0.39, 0.29) is 35.4 Å². The van der Waals surface area contributed by atoms with E-state index in [2.05, 4.69) is 5.32 Å². The molecule has 0 spiro atoms. The summed E-state index contributed by atoms with van der Waals surface area (Å²) in [7, 11) is 1.56. The molecule has 0 unspecified atom stereocenters. The molecule has 10 heteroatoms. The van der Waals surface area contributed by atoms with E-state index in [0.29, 0.717) is 44.2 Å². The number of hydrogen-bond donors (Lipinski definition) is 1. The molecule has 0 aliphatic carbocycles. The van der Waals surface area contributed by atoms with Gasteiger partial charge < -0.3 is 19.7 Å². The number of amides is 2. The van der Waals surface area contributed by atoms with Gasteiger partial charge in [-0.05, 0) is 36.8 Å². The Kier molecular flexibility index (Phi) is 8.20. The summed E-state index contributed by atoms with van der Waals surface area (Å²) in [4.78, 5) is 39.6. The van der Waals surface area contributed by atoms with E-state index in [1.165, 1.54) is 18.2 Å². The highest BCUT2D eigenvalue weighted by atomic mass is 16.6. The zero-order chi connectivity index (χ0) is 23.8. The molecular formula is C23H28N4O6. The van der Waals surface area contributed by atoms with E-state index in [0.717, 1.165) is 6.42 Å². The number of nitrogens with zero attached hydrogens (tertiary/aromatic N) is 3. The monoisotopic (exact) mass is 456 g/mol. The quantitative estimate of drug-likeness (QED) is 0.456. The molecule has 2 aromatic carbocycles. The van der Waals surface area contributed by atoms with E-state index in [4.69, 9.17) is 9.47 Å². The van der Waals surface area contributed by atoms with E-state index in [1.807, 2.05) is 11.8 Å². The molecule has 1 fully saturated rings. The molecule has 1 aliphatic rings. The van der Waals surface area contributed by atoms with Crippen LogP contribution in [0.3, 0.4) is 0 Å². The van der Waals surface area contributed by atoms with Crippen LogP contribution in [0.1, 0.15) is 23.7 Å². The molecule has 0 atom stereocenters. The summed E-state index contributed by atoms with van der Waals surface area (Å²) in [6.07, 6.45) is 0.873. The van der Waals surface area contributed by atoms with Crippen LogP contribution in [0.5, 0.6) is 17.2 Å². The molecule has 0 bridgehead atoms. The van der Waals surface area contributed by atoms with Crippen LogP contribution in [0.15, 0.2) is 42.5 Å². The molecule has 0 saturated carbocycles. The standard InChI is InChI=1S/C23H28N4O6/c1-3-10-24-22(28)16-25-11-13-26(14-12-25)23(29)20-15-17(27(30)31)4-9-21(20)33-19-7-5-18(32-2)6-8-19/h4-9,15H,3,10-14,16H2,1-2H3,(H,24,28). The van der Waals surface area contributed by atoms with E-state index in [1.54, 1.807) is 36.3 Å². The first-order valence-electron chi connectivity index (χ1n) is 10.8. The Morgan fingerprint density at radius 3 is 2.33 bits per heavy atom. The maximum atomic E-state index is 13.3. The van der Waals surface area contributed by atoms with Crippen LogP contribution in [0.2, 0.25) is 0 Å². The largest absolute Gasteiger partial charge is 0.497 e. The molecule has 10 nitrogen and oxygen atoms in total. The Balaban J connectivity index is 1.72. The third kappa shape index (κ3) is 6.42. The fourth-order valence-corrected chi connectivity index (χ4v) is 3.46. The molecule has 0 radical (unpaired) electrons. The minimum atomic E-state index is -0.541. The summed E-state index contributed by atoms with van der Waals surface area (Å²) < 4.78 is 11.0. The number of nitrogens with one attached hydrogen (secondary N) is 1. The Labute approximate surface area is 192 Å². The van der Waals surface area contributed by atoms with Gasteiger partial charge in [-0.25, -0.2) is 0 Å². The molecule has 33 heavy (non-hydrogen) atoms. The predicted octanol–water partition coefficient (Wildman–Crippen LogP) is 2.68. The van der Waals surface area contributed by atoms with Gasteiger partial charge in [-0.1, -0.05) is 6.92 Å². The minimum Gasteiger partial charge on any atom is -0.497 e. The number of carbonyl (C=O) groups is 2. The maximum Gasteiger partial charge on any atom is 0.270 e. The van der Waals surface area contributed by atoms with Crippen molar-refractivity contribution in [1.82, 2.24) is 15.1 Å². The number of carbonyl (C=O) groups excluding carboxylic acids is 2. The van der Waals surface area contributed by atoms with Crippen molar-refractivity contribution >= 4 is 17.5 Å². The van der Waals surface area contributed by atoms with Crippen molar-refractivity contribution < 1.29 is 24.0 Å². The lowest BCUT2D eigenvalue weighted by Gasteiger charge is -2.34. The first-order valence-corrected chi connectivity index (χ1v) is 10.8. The van der Waals surface area contributed by atoms with Crippen LogP contribution in [0, 0.1) is 10.1 Å². The molecule has 1 N–H and O–H groups in total. The van der Waals surface area contributed by atoms with Crippen LogP contribution in [0.25, 0.3) is 0 Å². The molecule has 1 saturated heterocycles. The number of nitro benzene ring substituents is 1. The summed E-state index contributed by atoms with van der Waals surface area (Å²) in [5.74, 6) is 0.977. The van der Waals surface area contributed by atoms with Gasteiger partial charge in [0, 0.05) is 44.9 Å². The average molecular weight is 456 g/mol. The second-order valence-electron chi connectivity index (χ2n) is 7.63. The first kappa shape index (κ1) is 24.0. The lowest BCUT2D eigenvalue weighted by atomic mass is 10.1. The van der Waals surface area contributed by atoms with Crippen LogP contribution < -0.4 is 14.8 Å². The Morgan fingerprint density at radius 2 is 1.73 bits per heavy atom. The fraction of sp³-hybridized carbons (Fsp3) is 0.391. The Hall–Kier alpha value is -3.66. The Bertz CT molecular complexity index is 987. The molecular weight excluding hydrogens is 428 g/mol. The Morgan fingerprint density at radius 1 is 1.06 bits per heavy atom. The van der Waals surface area contributed by atoms with Crippen molar-refractivity contribution in [2.75, 3.05) is 46.4 Å². The number of non-ortho nitro benzene ring substituents is 1. The van der Waals surface area contributed by atoms with Crippen molar-refractivity contribution in [3.05, 3.63) is 58.1 Å². The molecule has 0 aromatic heterocycles. The number of rotatable bonds is 9. The summed E-state index contributed by atoms with van der Waals surface area (Å²) in [6.45, 7) is 4.80. The number of piperazine rings is 1. The number of methoxy groups -OCH3 is 1. The topological polar surface area (TPSA) is 114 Å². The lowest BCUT2D eigenvalue weighted by Crippen LogP contribution is -2.51. The van der Waals surface area contributed by atoms with Gasteiger partial charge in [0.25, 0.3) is 11.6 Å². The third-order valence-corrected chi connectivity index (χ3v) is 5.29. The summed E-state index contributed by atoms with van der Waals surface area (Å²) in [6, 6.07) is 10.8. The molecule has 176 valence electrons. The number of hydrogen-bond acceptors (Lipinski definition) is 7. The van der Waals surface area contributed by atoms with Gasteiger partial charge in [-0.3, -0.25) is 24.6 Å². The fourth-order valence-electron chi connectivity index (χ4n) is 3.46. The summed E-state index contributed by atoms with van der Waals surface area (Å²) in [5, 5.41) is 14.1. The second-order valence-corrected chi connectivity index (χ2v) is 7.63. The van der Waals surface area contributed by atoms with Gasteiger partial charge >= 0.3 is 0 Å². The highest BCUT2D eigenvalue weighted by molar-refractivity contribution is 5.97. The maximum absolute atomic E-state index is 13.3. The van der Waals surface area contributed by atoms with E-state index >= 15 is 0 Å². The minimum absolute atomic E-state index is 0.0366. The SMILES string of the molecule is CCCNC(=O)CN1CCN(C(=O)c2cc([N+](=O)[O-])ccc2Oc2ccc(OC)cc2)CC1. The smallest absolute Gasteiger partial charge is 0.270 e. The van der Waals surface area contributed by atoms with Gasteiger partial charge in [-0.15, -0.1) is 0 Å². The normalized spacial score (nSPS) is 13.9. The van der Waals surface area contributed by atoms with Gasteiger partial charge in [-0.2, -0.15) is 0 Å². The van der Waals surface area contributed by atoms with Gasteiger partial charge in [0.15, 0.2) is 0 Å². The average Bonchev–Trinajstić information content (AvgIpc) is 2.83. The molecule has 2 amide bonds. The molecule has 2 aromatic rings. The third-order valence-electron chi connectivity index (χ3n) is 5.29. The van der Waals surface area contributed by atoms with Crippen LogP contribution >= 0.6 is 0 Å². The van der Waals surface area contributed by atoms with Crippen molar-refractivity contribution in [3.63, 3.8) is 0 Å². The highest BCUT2D eigenvalue weighted by Gasteiger charge is 2.27. The summed E-state index contributed by atoms with van der Waals surface area (Å²) in [5.41, 5.74) is -0.0687. The number of benzene rings is 2. The number of ether oxygens (including phenoxy) is 2. The van der Waals surface area contributed by atoms with Crippen LogP contribution in [0.4, 0.5) is 5.69 Å². The van der Waals surface area contributed by atoms with E-state index < -0.39 is 4.92 Å². The van der Waals surface area contributed by atoms with E-state index in [9.17, 15) is 19.7 Å². The van der Waals surface area contributed by atoms with Crippen LogP contribution in [-0.4, -0.2) is 72.9 Å². The van der Waals surface area contributed by atoms with Gasteiger partial charge in [0.1, 0.15) is 17.2 Å². The van der Waals surface area contributed by atoms with Crippen molar-refractivity contribution in [1.29, 1.82) is 0 Å².